The molecule has 0 unspecified atom stereocenters. The summed E-state index contributed by atoms with van der Waals surface area (Å²) in [6.07, 6.45) is 3.28. The lowest BCUT2D eigenvalue weighted by Gasteiger charge is -1.90. The summed E-state index contributed by atoms with van der Waals surface area (Å²) in [6.45, 7) is 0. The van der Waals surface area contributed by atoms with Crippen molar-refractivity contribution in [2.24, 2.45) is 5.10 Å². The summed E-state index contributed by atoms with van der Waals surface area (Å²) in [5.41, 5.74) is 0.745. The highest BCUT2D eigenvalue weighted by molar-refractivity contribution is 7.72. The summed E-state index contributed by atoms with van der Waals surface area (Å²) < 4.78 is 2.26. The summed E-state index contributed by atoms with van der Waals surface area (Å²) >= 11 is 9.93. The average Bonchev–Trinajstić information content (AvgIpc) is 2.58. The molecule has 0 radical (unpaired) electrons. The number of aromatic amines is 2. The summed E-state index contributed by atoms with van der Waals surface area (Å²) in [6, 6.07) is 5.56. The van der Waals surface area contributed by atoms with Crippen LogP contribution in [0, 0.1) is 9.54 Å². The lowest BCUT2D eigenvalue weighted by atomic mass is 10.4. The van der Waals surface area contributed by atoms with Crippen LogP contribution in [0.1, 0.15) is 5.69 Å². The maximum Gasteiger partial charge on any atom is 0.215 e. The van der Waals surface area contributed by atoms with Crippen molar-refractivity contribution < 1.29 is 0 Å². The van der Waals surface area contributed by atoms with Crippen LogP contribution in [0.2, 0.25) is 0 Å². The lowest BCUT2D eigenvalue weighted by molar-refractivity contribution is 0.847. The van der Waals surface area contributed by atoms with E-state index >= 15 is 0 Å². The Morgan fingerprint density at radius 1 is 1.27 bits per heavy atom. The monoisotopic (exact) mass is 237 g/mol. The molecule has 15 heavy (non-hydrogen) atoms. The predicted molar refractivity (Wildman–Crippen MR) is 62.0 cm³/mol. The molecule has 7 heteroatoms. The summed E-state index contributed by atoms with van der Waals surface area (Å²) in [4.78, 5) is 4.09. The molecule has 0 fully saturated rings. The molecule has 0 amide bonds. The van der Waals surface area contributed by atoms with Crippen molar-refractivity contribution in [3.05, 3.63) is 39.6 Å². The van der Waals surface area contributed by atoms with Gasteiger partial charge in [-0.2, -0.15) is 9.78 Å². The van der Waals surface area contributed by atoms with Crippen molar-refractivity contribution in [2.75, 3.05) is 0 Å². The van der Waals surface area contributed by atoms with Crippen LogP contribution in [0.3, 0.4) is 0 Å². The molecule has 0 spiro atoms. The second kappa shape index (κ2) is 4.28. The maximum absolute atomic E-state index is 4.96. The highest BCUT2D eigenvalue weighted by Gasteiger charge is 1.92. The van der Waals surface area contributed by atoms with E-state index in [2.05, 4.69) is 20.3 Å². The average molecular weight is 237 g/mol. The molecule has 0 aliphatic heterocycles. The normalized spacial score (nSPS) is 10.9. The van der Waals surface area contributed by atoms with E-state index in [0.717, 1.165) is 5.69 Å². The molecule has 0 saturated carbocycles. The van der Waals surface area contributed by atoms with Gasteiger partial charge >= 0.3 is 0 Å². The lowest BCUT2D eigenvalue weighted by Crippen LogP contribution is -1.92. The zero-order chi connectivity index (χ0) is 10.7. The van der Waals surface area contributed by atoms with Gasteiger partial charge in [0.1, 0.15) is 0 Å². The Kier molecular flexibility index (Phi) is 2.84. The third kappa shape index (κ3) is 2.25. The van der Waals surface area contributed by atoms with Crippen molar-refractivity contribution in [1.82, 2.24) is 19.9 Å². The predicted octanol–water partition coefficient (Wildman–Crippen LogP) is 1.88. The minimum absolute atomic E-state index is 0.423. The van der Waals surface area contributed by atoms with Gasteiger partial charge in [0.25, 0.3) is 0 Å². The molecule has 0 saturated heterocycles. The van der Waals surface area contributed by atoms with Gasteiger partial charge in [0.05, 0.1) is 11.9 Å². The van der Waals surface area contributed by atoms with Gasteiger partial charge in [-0.1, -0.05) is 6.07 Å². The molecule has 2 aromatic rings. The Morgan fingerprint density at radius 2 is 2.00 bits per heavy atom. The number of H-pyrrole nitrogens is 2. The minimum atomic E-state index is 0.423. The summed E-state index contributed by atoms with van der Waals surface area (Å²) in [5, 5.41) is 9.47. The van der Waals surface area contributed by atoms with Crippen LogP contribution in [-0.2, 0) is 0 Å². The number of hydrogen-bond acceptors (Lipinski definition) is 4. The van der Waals surface area contributed by atoms with Crippen molar-refractivity contribution >= 4 is 30.7 Å². The maximum atomic E-state index is 4.96. The van der Waals surface area contributed by atoms with Gasteiger partial charge in [-0.3, -0.25) is 15.2 Å². The van der Waals surface area contributed by atoms with Gasteiger partial charge in [-0.15, -0.1) is 0 Å². The number of nitrogens with one attached hydrogen (secondary N) is 2. The Bertz CT molecular complexity index is 549. The number of nitrogens with zero attached hydrogens (tertiary/aromatic N) is 3. The first-order valence-corrected chi connectivity index (χ1v) is 4.94. The first-order chi connectivity index (χ1) is 7.27. The largest absolute Gasteiger partial charge is 0.273 e. The van der Waals surface area contributed by atoms with Crippen LogP contribution in [0.15, 0.2) is 29.5 Å². The van der Waals surface area contributed by atoms with E-state index in [9.17, 15) is 0 Å². The molecule has 2 N–H and O–H groups in total. The van der Waals surface area contributed by atoms with E-state index in [1.54, 1.807) is 12.4 Å². The molecular weight excluding hydrogens is 230 g/mol. The standard InChI is InChI=1S/C8H7N5S2/c14-7-11-12-8(15)13(7)10-5-6-3-1-2-4-9-6/h1-5H,(H,11,14)(H,12,15)/b10-5-. The SMILES string of the molecule is S=c1[nH][nH]c(=S)n1/N=C\c1ccccn1. The third-order valence-corrected chi connectivity index (χ3v) is 2.20. The van der Waals surface area contributed by atoms with Gasteiger partial charge in [0.15, 0.2) is 0 Å². The fourth-order valence-electron chi connectivity index (χ4n) is 0.979. The third-order valence-electron chi connectivity index (χ3n) is 1.65. The summed E-state index contributed by atoms with van der Waals surface area (Å²) in [7, 11) is 0. The molecule has 0 aliphatic carbocycles. The van der Waals surface area contributed by atoms with Crippen LogP contribution < -0.4 is 0 Å². The second-order valence-electron chi connectivity index (χ2n) is 2.67. The van der Waals surface area contributed by atoms with Crippen LogP contribution in [0.25, 0.3) is 0 Å². The van der Waals surface area contributed by atoms with E-state index in [0.29, 0.717) is 9.54 Å². The van der Waals surface area contributed by atoms with E-state index in [4.69, 9.17) is 24.4 Å². The molecular formula is C8H7N5S2. The van der Waals surface area contributed by atoms with Gasteiger partial charge in [0, 0.05) is 6.20 Å². The molecule has 0 bridgehead atoms. The van der Waals surface area contributed by atoms with Crippen LogP contribution >= 0.6 is 24.4 Å². The fourth-order valence-corrected chi connectivity index (χ4v) is 1.42. The number of pyridine rings is 1. The Morgan fingerprint density at radius 3 is 2.60 bits per heavy atom. The van der Waals surface area contributed by atoms with E-state index in [1.165, 1.54) is 4.68 Å². The molecule has 76 valence electrons. The van der Waals surface area contributed by atoms with E-state index in [-0.39, 0.29) is 0 Å². The number of aromatic nitrogens is 4. The smallest absolute Gasteiger partial charge is 0.215 e. The van der Waals surface area contributed by atoms with E-state index in [1.807, 2.05) is 18.2 Å². The van der Waals surface area contributed by atoms with Crippen LogP contribution in [-0.4, -0.2) is 26.1 Å². The summed E-state index contributed by atoms with van der Waals surface area (Å²) in [5.74, 6) is 0. The first kappa shape index (κ1) is 9.94. The van der Waals surface area contributed by atoms with Gasteiger partial charge < -0.3 is 0 Å². The minimum Gasteiger partial charge on any atom is -0.273 e. The van der Waals surface area contributed by atoms with Crippen LogP contribution in [0.5, 0.6) is 0 Å². The highest BCUT2D eigenvalue weighted by Crippen LogP contribution is 1.93. The fraction of sp³-hybridized carbons (Fsp3) is 0. The highest BCUT2D eigenvalue weighted by atomic mass is 32.1. The topological polar surface area (TPSA) is 61.8 Å². The molecule has 2 rings (SSSR count). The number of hydrogen-bond donors (Lipinski definition) is 2. The molecule has 0 atom stereocenters. The zero-order valence-corrected chi connectivity index (χ0v) is 9.18. The van der Waals surface area contributed by atoms with Crippen molar-refractivity contribution in [2.45, 2.75) is 0 Å². The molecule has 5 nitrogen and oxygen atoms in total. The Labute approximate surface area is 95.5 Å². The van der Waals surface area contributed by atoms with Gasteiger partial charge in [-0.25, -0.2) is 0 Å². The quantitative estimate of drug-likeness (QED) is 0.619. The Hall–Kier alpha value is -1.60. The second-order valence-corrected chi connectivity index (χ2v) is 3.44. The molecule has 0 aromatic carbocycles. The van der Waals surface area contributed by atoms with E-state index < -0.39 is 0 Å². The molecule has 0 aliphatic rings. The Balaban J connectivity index is 2.34. The van der Waals surface area contributed by atoms with Gasteiger partial charge in [0.2, 0.25) is 9.54 Å². The van der Waals surface area contributed by atoms with Gasteiger partial charge in [-0.05, 0) is 36.6 Å². The van der Waals surface area contributed by atoms with Crippen molar-refractivity contribution in [1.29, 1.82) is 0 Å². The first-order valence-electron chi connectivity index (χ1n) is 4.12. The van der Waals surface area contributed by atoms with Crippen LogP contribution in [0.4, 0.5) is 0 Å². The zero-order valence-electron chi connectivity index (χ0n) is 7.54. The van der Waals surface area contributed by atoms with Crippen molar-refractivity contribution in [3.8, 4) is 0 Å². The molecule has 2 heterocycles. The number of rotatable bonds is 2. The molecule has 2 aromatic heterocycles. The van der Waals surface area contributed by atoms with Crippen molar-refractivity contribution in [3.63, 3.8) is 0 Å².